The molecule has 0 radical (unpaired) electrons. The lowest BCUT2D eigenvalue weighted by atomic mass is 10.2. The Kier molecular flexibility index (Phi) is 3.12. The number of anilines is 1. The van der Waals surface area contributed by atoms with Crippen LogP contribution in [0.25, 0.3) is 0 Å². The summed E-state index contributed by atoms with van der Waals surface area (Å²) in [5.41, 5.74) is 5.39. The van der Waals surface area contributed by atoms with Crippen LogP contribution < -0.4 is 20.5 Å². The quantitative estimate of drug-likeness (QED) is 0.824. The summed E-state index contributed by atoms with van der Waals surface area (Å²) < 4.78 is 15.6. The first-order valence-electron chi connectivity index (χ1n) is 5.99. The number of amides is 1. The number of aromatic nitrogens is 2. The van der Waals surface area contributed by atoms with E-state index in [1.54, 1.807) is 0 Å². The summed E-state index contributed by atoms with van der Waals surface area (Å²) in [4.78, 5) is 11.8. The lowest BCUT2D eigenvalue weighted by molar-refractivity contribution is 0.0784. The molecule has 1 aromatic heterocycles. The largest absolute Gasteiger partial charge is 0.486 e. The summed E-state index contributed by atoms with van der Waals surface area (Å²) in [6.45, 7) is 0.614. The molecular weight excluding hydrogens is 264 g/mol. The van der Waals surface area contributed by atoms with Crippen molar-refractivity contribution in [2.24, 2.45) is 0 Å². The standard InChI is InChI=1S/C12H12N4O4/c13-11-10(15-20-16-11)12(17)14-5-7-6-18-8-3-1-2-4-9(8)19-7/h1-4,7H,5-6H2,(H2,13,16)(H,14,17). The molecule has 2 aromatic rings. The highest BCUT2D eigenvalue weighted by molar-refractivity contribution is 5.95. The van der Waals surface area contributed by atoms with Gasteiger partial charge in [0.05, 0.1) is 6.54 Å². The topological polar surface area (TPSA) is 112 Å². The summed E-state index contributed by atoms with van der Waals surface area (Å²) in [7, 11) is 0. The van der Waals surface area contributed by atoms with E-state index < -0.39 is 5.91 Å². The van der Waals surface area contributed by atoms with Crippen molar-refractivity contribution in [3.8, 4) is 11.5 Å². The number of fused-ring (bicyclic) bond motifs is 1. The van der Waals surface area contributed by atoms with Crippen molar-refractivity contribution in [2.75, 3.05) is 18.9 Å². The van der Waals surface area contributed by atoms with E-state index in [2.05, 4.69) is 20.3 Å². The third-order valence-corrected chi connectivity index (χ3v) is 2.79. The lowest BCUT2D eigenvalue weighted by Crippen LogP contribution is -2.41. The summed E-state index contributed by atoms with van der Waals surface area (Å²) in [6, 6.07) is 7.35. The number of nitrogens with two attached hydrogens (primary N) is 1. The Labute approximate surface area is 113 Å². The first kappa shape index (κ1) is 12.3. The second-order valence-electron chi connectivity index (χ2n) is 4.21. The van der Waals surface area contributed by atoms with Crippen LogP contribution in [0.2, 0.25) is 0 Å². The molecule has 0 bridgehead atoms. The fourth-order valence-corrected chi connectivity index (χ4v) is 1.81. The number of rotatable bonds is 3. The molecule has 1 aromatic carbocycles. The van der Waals surface area contributed by atoms with Gasteiger partial charge in [0, 0.05) is 0 Å². The zero-order valence-corrected chi connectivity index (χ0v) is 10.4. The highest BCUT2D eigenvalue weighted by Crippen LogP contribution is 2.30. The van der Waals surface area contributed by atoms with Crippen LogP contribution in [0.1, 0.15) is 10.5 Å². The van der Waals surface area contributed by atoms with Crippen LogP contribution in [0.5, 0.6) is 11.5 Å². The van der Waals surface area contributed by atoms with Gasteiger partial charge in [-0.2, -0.15) is 0 Å². The van der Waals surface area contributed by atoms with E-state index in [4.69, 9.17) is 15.2 Å². The van der Waals surface area contributed by atoms with Crippen LogP contribution in [0, 0.1) is 0 Å². The normalized spacial score (nSPS) is 16.7. The number of nitrogen functional groups attached to an aromatic ring is 1. The van der Waals surface area contributed by atoms with Crippen molar-refractivity contribution in [3.05, 3.63) is 30.0 Å². The molecule has 1 atom stereocenters. The number of ether oxygens (including phenoxy) is 2. The Morgan fingerprint density at radius 3 is 2.90 bits per heavy atom. The maximum absolute atomic E-state index is 11.8. The van der Waals surface area contributed by atoms with E-state index in [1.165, 1.54) is 0 Å². The van der Waals surface area contributed by atoms with Gasteiger partial charge in [-0.3, -0.25) is 4.79 Å². The van der Waals surface area contributed by atoms with E-state index in [9.17, 15) is 4.79 Å². The zero-order chi connectivity index (χ0) is 13.9. The van der Waals surface area contributed by atoms with Gasteiger partial charge < -0.3 is 20.5 Å². The molecule has 3 rings (SSSR count). The van der Waals surface area contributed by atoms with Gasteiger partial charge in [-0.05, 0) is 22.4 Å². The maximum atomic E-state index is 11.8. The average molecular weight is 276 g/mol. The minimum atomic E-state index is -0.466. The van der Waals surface area contributed by atoms with Gasteiger partial charge in [0.15, 0.2) is 11.5 Å². The molecule has 1 unspecified atom stereocenters. The summed E-state index contributed by atoms with van der Waals surface area (Å²) in [5, 5.41) is 9.40. The number of hydrogen-bond acceptors (Lipinski definition) is 7. The molecule has 3 N–H and O–H groups in total. The number of benzene rings is 1. The van der Waals surface area contributed by atoms with Crippen molar-refractivity contribution in [2.45, 2.75) is 6.10 Å². The Morgan fingerprint density at radius 2 is 2.15 bits per heavy atom. The van der Waals surface area contributed by atoms with Gasteiger partial charge in [0.25, 0.3) is 5.91 Å². The Morgan fingerprint density at radius 1 is 1.35 bits per heavy atom. The molecule has 0 saturated carbocycles. The first-order valence-corrected chi connectivity index (χ1v) is 5.99. The number of nitrogens with one attached hydrogen (secondary N) is 1. The van der Waals surface area contributed by atoms with Gasteiger partial charge in [-0.25, -0.2) is 4.63 Å². The fraction of sp³-hybridized carbons (Fsp3) is 0.250. The third-order valence-electron chi connectivity index (χ3n) is 2.79. The molecule has 0 fully saturated rings. The molecule has 1 aliphatic rings. The third kappa shape index (κ3) is 2.35. The fourth-order valence-electron chi connectivity index (χ4n) is 1.81. The van der Waals surface area contributed by atoms with Crippen molar-refractivity contribution >= 4 is 11.7 Å². The van der Waals surface area contributed by atoms with E-state index in [0.29, 0.717) is 18.1 Å². The van der Waals surface area contributed by atoms with Crippen LogP contribution in [0.15, 0.2) is 28.9 Å². The Hall–Kier alpha value is -2.77. The Balaban J connectivity index is 1.58. The molecule has 2 heterocycles. The maximum Gasteiger partial charge on any atom is 0.277 e. The molecule has 1 amide bonds. The molecule has 8 heteroatoms. The zero-order valence-electron chi connectivity index (χ0n) is 10.4. The predicted octanol–water partition coefficient (Wildman–Crippen LogP) is 0.222. The van der Waals surface area contributed by atoms with Crippen LogP contribution in [0.4, 0.5) is 5.82 Å². The minimum Gasteiger partial charge on any atom is -0.486 e. The molecule has 0 saturated heterocycles. The van der Waals surface area contributed by atoms with Crippen LogP contribution in [0.3, 0.4) is 0 Å². The Bertz CT molecular complexity index is 627. The van der Waals surface area contributed by atoms with Gasteiger partial charge >= 0.3 is 0 Å². The molecule has 20 heavy (non-hydrogen) atoms. The van der Waals surface area contributed by atoms with Gasteiger partial charge in [-0.15, -0.1) is 0 Å². The molecule has 0 spiro atoms. The van der Waals surface area contributed by atoms with Crippen molar-refractivity contribution in [3.63, 3.8) is 0 Å². The molecule has 8 nitrogen and oxygen atoms in total. The second kappa shape index (κ2) is 5.08. The van der Waals surface area contributed by atoms with Gasteiger partial charge in [0.2, 0.25) is 11.5 Å². The van der Waals surface area contributed by atoms with Crippen molar-refractivity contribution in [1.82, 2.24) is 15.6 Å². The van der Waals surface area contributed by atoms with Crippen molar-refractivity contribution in [1.29, 1.82) is 0 Å². The number of hydrogen-bond donors (Lipinski definition) is 2. The minimum absolute atomic E-state index is 0.0397. The van der Waals surface area contributed by atoms with E-state index in [-0.39, 0.29) is 24.2 Å². The molecule has 104 valence electrons. The predicted molar refractivity (Wildman–Crippen MR) is 67.4 cm³/mol. The number of para-hydroxylation sites is 2. The van der Waals surface area contributed by atoms with Crippen LogP contribution >= 0.6 is 0 Å². The summed E-state index contributed by atoms with van der Waals surface area (Å²) >= 11 is 0. The molecule has 0 aliphatic carbocycles. The number of nitrogens with zero attached hydrogens (tertiary/aromatic N) is 2. The lowest BCUT2D eigenvalue weighted by Gasteiger charge is -2.26. The SMILES string of the molecule is Nc1nonc1C(=O)NCC1COc2ccccc2O1. The summed E-state index contributed by atoms with van der Waals surface area (Å²) in [6.07, 6.45) is -0.282. The monoisotopic (exact) mass is 276 g/mol. The molecular formula is C12H12N4O4. The second-order valence-corrected chi connectivity index (χ2v) is 4.21. The van der Waals surface area contributed by atoms with Gasteiger partial charge in [-0.1, -0.05) is 12.1 Å². The van der Waals surface area contributed by atoms with E-state index in [0.717, 1.165) is 0 Å². The summed E-state index contributed by atoms with van der Waals surface area (Å²) in [5.74, 6) is 0.834. The van der Waals surface area contributed by atoms with Crippen molar-refractivity contribution < 1.29 is 18.9 Å². The van der Waals surface area contributed by atoms with E-state index in [1.807, 2.05) is 24.3 Å². The highest BCUT2D eigenvalue weighted by atomic mass is 16.6. The van der Waals surface area contributed by atoms with E-state index >= 15 is 0 Å². The average Bonchev–Trinajstić information content (AvgIpc) is 2.91. The van der Waals surface area contributed by atoms with Crippen LogP contribution in [-0.4, -0.2) is 35.5 Å². The molecule has 1 aliphatic heterocycles. The smallest absolute Gasteiger partial charge is 0.277 e. The van der Waals surface area contributed by atoms with Gasteiger partial charge in [0.1, 0.15) is 12.7 Å². The van der Waals surface area contributed by atoms with Crippen LogP contribution in [-0.2, 0) is 0 Å². The first-order chi connectivity index (χ1) is 9.74. The number of carbonyl (C=O) groups excluding carboxylic acids is 1. The highest BCUT2D eigenvalue weighted by Gasteiger charge is 2.22. The number of carbonyl (C=O) groups is 1.